The van der Waals surface area contributed by atoms with Crippen molar-refractivity contribution < 1.29 is 20.1 Å². The van der Waals surface area contributed by atoms with Gasteiger partial charge in [0.1, 0.15) is 5.75 Å². The molecule has 1 fully saturated rings. The van der Waals surface area contributed by atoms with Gasteiger partial charge in [0.15, 0.2) is 0 Å². The quantitative estimate of drug-likeness (QED) is 0.232. The van der Waals surface area contributed by atoms with Gasteiger partial charge >= 0.3 is 0 Å². The number of aromatic nitrogens is 1. The number of ether oxygens (including phenoxy) is 1. The van der Waals surface area contributed by atoms with E-state index in [2.05, 4.69) is 15.6 Å². The van der Waals surface area contributed by atoms with E-state index in [1.165, 1.54) is 12.1 Å². The first kappa shape index (κ1) is 25.3. The highest BCUT2D eigenvalue weighted by Gasteiger charge is 2.37. The first-order valence-electron chi connectivity index (χ1n) is 12.3. The molecule has 0 bridgehead atoms. The Labute approximate surface area is 205 Å². The normalized spacial score (nSPS) is 17.3. The van der Waals surface area contributed by atoms with Gasteiger partial charge in [-0.2, -0.15) is 0 Å². The van der Waals surface area contributed by atoms with Gasteiger partial charge in [-0.3, -0.25) is 4.79 Å². The van der Waals surface area contributed by atoms with Crippen molar-refractivity contribution >= 4 is 10.9 Å². The molecule has 1 aliphatic rings. The first-order chi connectivity index (χ1) is 17.0. The van der Waals surface area contributed by atoms with Gasteiger partial charge in [-0.15, -0.1) is 0 Å². The van der Waals surface area contributed by atoms with Crippen LogP contribution in [0.15, 0.2) is 59.4 Å². The highest BCUT2D eigenvalue weighted by atomic mass is 16.5. The number of aromatic hydroxyl groups is 1. The van der Waals surface area contributed by atoms with Crippen molar-refractivity contribution in [1.82, 2.24) is 15.6 Å². The maximum absolute atomic E-state index is 11.7. The molecule has 0 aliphatic carbocycles. The molecule has 35 heavy (non-hydrogen) atoms. The fraction of sp³-hybridized carbons (Fsp3) is 0.444. The predicted octanol–water partition coefficient (Wildman–Crippen LogP) is 2.34. The van der Waals surface area contributed by atoms with E-state index >= 15 is 0 Å². The van der Waals surface area contributed by atoms with Crippen LogP contribution in [0.2, 0.25) is 0 Å². The van der Waals surface area contributed by atoms with Crippen LogP contribution in [-0.2, 0) is 11.3 Å². The van der Waals surface area contributed by atoms with Crippen molar-refractivity contribution in [1.29, 1.82) is 0 Å². The molecule has 2 aromatic carbocycles. The first-order valence-corrected chi connectivity index (χ1v) is 12.3. The van der Waals surface area contributed by atoms with E-state index in [9.17, 15) is 20.1 Å². The summed E-state index contributed by atoms with van der Waals surface area (Å²) in [4.78, 5) is 14.3. The minimum absolute atomic E-state index is 0.0426. The summed E-state index contributed by atoms with van der Waals surface area (Å²) in [5.41, 5.74) is 0.846. The number of aromatic amines is 1. The monoisotopic (exact) mass is 481 g/mol. The summed E-state index contributed by atoms with van der Waals surface area (Å²) in [5, 5.41) is 39.8. The van der Waals surface area contributed by atoms with Gasteiger partial charge < -0.3 is 35.7 Å². The average molecular weight is 482 g/mol. The Morgan fingerprint density at radius 3 is 2.60 bits per heavy atom. The van der Waals surface area contributed by atoms with Crippen LogP contribution >= 0.6 is 0 Å². The van der Waals surface area contributed by atoms with Crippen LogP contribution in [0.25, 0.3) is 10.9 Å². The highest BCUT2D eigenvalue weighted by molar-refractivity contribution is 5.87. The number of hydrogen-bond donors (Lipinski definition) is 6. The Bertz CT molecular complexity index is 1140. The predicted molar refractivity (Wildman–Crippen MR) is 135 cm³/mol. The van der Waals surface area contributed by atoms with E-state index < -0.39 is 11.7 Å². The molecule has 3 aromatic rings. The van der Waals surface area contributed by atoms with Crippen LogP contribution in [0.1, 0.15) is 42.9 Å². The number of aliphatic hydroxyl groups excluding tert-OH is 1. The molecule has 1 saturated heterocycles. The topological polar surface area (TPSA) is 127 Å². The number of benzene rings is 2. The Morgan fingerprint density at radius 2 is 1.83 bits per heavy atom. The molecule has 2 unspecified atom stereocenters. The van der Waals surface area contributed by atoms with Crippen LogP contribution in [0.5, 0.6) is 5.75 Å². The van der Waals surface area contributed by atoms with Gasteiger partial charge in [-0.1, -0.05) is 36.4 Å². The molecular formula is C27H35N3O5. The van der Waals surface area contributed by atoms with E-state index in [1.807, 2.05) is 30.3 Å². The van der Waals surface area contributed by atoms with Gasteiger partial charge in [0.2, 0.25) is 5.56 Å². The third kappa shape index (κ3) is 6.48. The van der Waals surface area contributed by atoms with Crippen LogP contribution in [-0.4, -0.2) is 58.2 Å². The summed E-state index contributed by atoms with van der Waals surface area (Å²) in [6.45, 7) is 2.86. The zero-order chi connectivity index (χ0) is 24.7. The third-order valence-corrected chi connectivity index (χ3v) is 6.83. The van der Waals surface area contributed by atoms with Crippen molar-refractivity contribution in [3.8, 4) is 5.75 Å². The summed E-state index contributed by atoms with van der Waals surface area (Å²) in [6.07, 6.45) is 1.87. The molecule has 188 valence electrons. The van der Waals surface area contributed by atoms with Crippen LogP contribution in [0.4, 0.5) is 0 Å². The van der Waals surface area contributed by atoms with Gasteiger partial charge in [0, 0.05) is 30.6 Å². The lowest BCUT2D eigenvalue weighted by molar-refractivity contribution is -0.0325. The minimum atomic E-state index is -0.883. The molecule has 2 atom stereocenters. The van der Waals surface area contributed by atoms with Crippen molar-refractivity contribution in [2.75, 3.05) is 26.2 Å². The second-order valence-corrected chi connectivity index (χ2v) is 9.30. The van der Waals surface area contributed by atoms with Gasteiger partial charge in [-0.25, -0.2) is 0 Å². The van der Waals surface area contributed by atoms with Gasteiger partial charge in [0.05, 0.1) is 23.8 Å². The smallest absolute Gasteiger partial charge is 0.248 e. The third-order valence-electron chi connectivity index (χ3n) is 6.83. The number of nitrogens with one attached hydrogen (secondary N) is 3. The number of pyridine rings is 1. The second-order valence-electron chi connectivity index (χ2n) is 9.30. The lowest BCUT2D eigenvalue weighted by Crippen LogP contribution is -2.56. The molecule has 0 radical (unpaired) electrons. The van der Waals surface area contributed by atoms with E-state index in [4.69, 9.17) is 4.74 Å². The molecule has 1 aliphatic heterocycles. The Kier molecular flexibility index (Phi) is 8.54. The summed E-state index contributed by atoms with van der Waals surface area (Å²) < 4.78 is 5.83. The summed E-state index contributed by atoms with van der Waals surface area (Å²) in [5.74, 6) is -0.0426. The van der Waals surface area contributed by atoms with Crippen molar-refractivity contribution in [2.45, 2.75) is 50.0 Å². The maximum atomic E-state index is 11.7. The number of hydrogen-bond acceptors (Lipinski definition) is 7. The molecule has 0 amide bonds. The molecule has 1 aromatic heterocycles. The summed E-state index contributed by atoms with van der Waals surface area (Å²) in [7, 11) is 0. The van der Waals surface area contributed by atoms with Crippen molar-refractivity contribution in [2.24, 2.45) is 0 Å². The van der Waals surface area contributed by atoms with Crippen molar-refractivity contribution in [3.63, 3.8) is 0 Å². The molecule has 0 spiro atoms. The van der Waals surface area contributed by atoms with E-state index in [-0.39, 0.29) is 23.9 Å². The highest BCUT2D eigenvalue weighted by Crippen LogP contribution is 2.30. The molecular weight excluding hydrogens is 446 g/mol. The molecule has 0 saturated carbocycles. The van der Waals surface area contributed by atoms with Crippen LogP contribution in [0, 0.1) is 0 Å². The molecule has 4 rings (SSSR count). The van der Waals surface area contributed by atoms with E-state index in [0.29, 0.717) is 48.9 Å². The fourth-order valence-electron chi connectivity index (χ4n) is 4.84. The minimum Gasteiger partial charge on any atom is -0.506 e. The van der Waals surface area contributed by atoms with Crippen LogP contribution < -0.4 is 16.2 Å². The lowest BCUT2D eigenvalue weighted by atomic mass is 9.82. The number of fused-ring (bicyclic) bond motifs is 1. The Balaban J connectivity index is 1.39. The van der Waals surface area contributed by atoms with Gasteiger partial charge in [0.25, 0.3) is 0 Å². The number of rotatable bonds is 11. The largest absolute Gasteiger partial charge is 0.506 e. The maximum Gasteiger partial charge on any atom is 0.248 e. The number of aliphatic hydroxyl groups is 2. The molecule has 6 N–H and O–H groups in total. The zero-order valence-electron chi connectivity index (χ0n) is 19.9. The second kappa shape index (κ2) is 11.8. The number of phenolic OH excluding ortho intramolecular Hbond substituents is 1. The number of phenols is 1. The number of piperidine rings is 1. The Morgan fingerprint density at radius 1 is 1.06 bits per heavy atom. The van der Waals surface area contributed by atoms with Crippen LogP contribution in [0.3, 0.4) is 0 Å². The standard InChI is InChI=1S/C27H35N3O5/c31-22-10-8-20(21-9-11-25(33)30-26(21)22)23(32)17-29-24(27(34)12-14-28-15-13-27)7-4-16-35-18-19-5-2-1-3-6-19/h1-3,5-6,8-11,23-24,28-29,31-32,34H,4,7,12-18H2,(H,30,33). The molecule has 2 heterocycles. The SMILES string of the molecule is O=c1ccc2c(C(O)CNC(CCCOCc3ccccc3)C3(O)CCNCC3)ccc(O)c2[nH]1. The Hall–Kier alpha value is -2.75. The van der Waals surface area contributed by atoms with Crippen molar-refractivity contribution in [3.05, 3.63) is 76.1 Å². The number of H-pyrrole nitrogens is 1. The van der Waals surface area contributed by atoms with Gasteiger partial charge in [-0.05, 0) is 62.0 Å². The summed E-state index contributed by atoms with van der Waals surface area (Å²) >= 11 is 0. The molecule has 8 nitrogen and oxygen atoms in total. The summed E-state index contributed by atoms with van der Waals surface area (Å²) in [6, 6.07) is 15.9. The average Bonchev–Trinajstić information content (AvgIpc) is 2.87. The molecule has 8 heteroatoms. The van der Waals surface area contributed by atoms with E-state index in [1.54, 1.807) is 12.1 Å². The van der Waals surface area contributed by atoms with E-state index in [0.717, 1.165) is 25.1 Å². The fourth-order valence-corrected chi connectivity index (χ4v) is 4.84. The lowest BCUT2D eigenvalue weighted by Gasteiger charge is -2.40. The zero-order valence-corrected chi connectivity index (χ0v) is 19.9.